The lowest BCUT2D eigenvalue weighted by Gasteiger charge is -2.18. The van der Waals surface area contributed by atoms with Crippen molar-refractivity contribution in [3.8, 4) is 0 Å². The minimum Gasteiger partial charge on any atom is -0.455 e. The standard InChI is InChI=1S/C22H23ClN2O4/c1-13-6-14(2)8-18(7-13)25-11-16(9-21(25)27)22(28)29-12-20(26)24-17-5-4-15(3)19(23)10-17/h4-8,10,16H,9,11-12H2,1-3H3,(H,24,26)/t16-/m1/s1. The number of nitrogens with zero attached hydrogens (tertiary/aromatic N) is 1. The molecule has 1 N–H and O–H groups in total. The van der Waals surface area contributed by atoms with E-state index in [1.807, 2.05) is 39.0 Å². The van der Waals surface area contributed by atoms with Crippen molar-refractivity contribution in [1.29, 1.82) is 0 Å². The number of benzene rings is 2. The number of amides is 2. The Morgan fingerprint density at radius 3 is 2.48 bits per heavy atom. The van der Waals surface area contributed by atoms with Crippen LogP contribution in [0.1, 0.15) is 23.1 Å². The highest BCUT2D eigenvalue weighted by Gasteiger charge is 2.36. The van der Waals surface area contributed by atoms with Crippen LogP contribution in [-0.2, 0) is 19.1 Å². The molecule has 1 saturated heterocycles. The summed E-state index contributed by atoms with van der Waals surface area (Å²) in [6.07, 6.45) is 0.0704. The summed E-state index contributed by atoms with van der Waals surface area (Å²) < 4.78 is 5.13. The Labute approximate surface area is 174 Å². The normalized spacial score (nSPS) is 16.1. The monoisotopic (exact) mass is 414 g/mol. The fourth-order valence-corrected chi connectivity index (χ4v) is 3.52. The quantitative estimate of drug-likeness (QED) is 0.755. The van der Waals surface area contributed by atoms with Crippen LogP contribution in [0.4, 0.5) is 11.4 Å². The summed E-state index contributed by atoms with van der Waals surface area (Å²) in [5.74, 6) is -1.74. The van der Waals surface area contributed by atoms with Gasteiger partial charge in [0.25, 0.3) is 5.91 Å². The van der Waals surface area contributed by atoms with Crippen molar-refractivity contribution < 1.29 is 19.1 Å². The average molecular weight is 415 g/mol. The maximum absolute atomic E-state index is 12.4. The summed E-state index contributed by atoms with van der Waals surface area (Å²) in [4.78, 5) is 38.4. The molecule has 6 nitrogen and oxygen atoms in total. The van der Waals surface area contributed by atoms with Crippen LogP contribution in [-0.4, -0.2) is 30.9 Å². The van der Waals surface area contributed by atoms with Crippen LogP contribution in [0.5, 0.6) is 0 Å². The summed E-state index contributed by atoms with van der Waals surface area (Å²) in [7, 11) is 0. The van der Waals surface area contributed by atoms with Gasteiger partial charge in [-0.05, 0) is 61.7 Å². The number of hydrogen-bond acceptors (Lipinski definition) is 4. The number of anilines is 2. The van der Waals surface area contributed by atoms with Crippen LogP contribution in [0.3, 0.4) is 0 Å². The molecule has 2 amide bonds. The van der Waals surface area contributed by atoms with E-state index in [1.54, 1.807) is 23.1 Å². The Hall–Kier alpha value is -2.86. The summed E-state index contributed by atoms with van der Waals surface area (Å²) >= 11 is 6.03. The zero-order chi connectivity index (χ0) is 21.1. The molecule has 1 atom stereocenters. The van der Waals surface area contributed by atoms with Gasteiger partial charge >= 0.3 is 5.97 Å². The van der Waals surface area contributed by atoms with Crippen LogP contribution in [0.2, 0.25) is 5.02 Å². The van der Waals surface area contributed by atoms with E-state index in [0.717, 1.165) is 22.4 Å². The van der Waals surface area contributed by atoms with Crippen molar-refractivity contribution in [2.24, 2.45) is 5.92 Å². The van der Waals surface area contributed by atoms with E-state index in [9.17, 15) is 14.4 Å². The van der Waals surface area contributed by atoms with Gasteiger partial charge in [0.2, 0.25) is 5.91 Å². The molecule has 152 valence electrons. The van der Waals surface area contributed by atoms with E-state index in [1.165, 1.54) is 0 Å². The summed E-state index contributed by atoms with van der Waals surface area (Å²) in [5, 5.41) is 3.17. The predicted molar refractivity (Wildman–Crippen MR) is 112 cm³/mol. The first-order chi connectivity index (χ1) is 13.7. The zero-order valence-electron chi connectivity index (χ0n) is 16.6. The van der Waals surface area contributed by atoms with E-state index in [-0.39, 0.29) is 18.9 Å². The topological polar surface area (TPSA) is 75.7 Å². The Bertz CT molecular complexity index is 953. The van der Waals surface area contributed by atoms with Gasteiger partial charge in [0.15, 0.2) is 6.61 Å². The molecule has 2 aromatic carbocycles. The van der Waals surface area contributed by atoms with E-state index in [4.69, 9.17) is 16.3 Å². The first-order valence-electron chi connectivity index (χ1n) is 9.34. The average Bonchev–Trinajstić information content (AvgIpc) is 3.04. The maximum Gasteiger partial charge on any atom is 0.311 e. The molecule has 1 aliphatic rings. The molecule has 0 spiro atoms. The second kappa shape index (κ2) is 8.66. The molecule has 0 bridgehead atoms. The number of aryl methyl sites for hydroxylation is 3. The number of halogens is 1. The molecule has 0 radical (unpaired) electrons. The SMILES string of the molecule is Cc1cc(C)cc(N2C[C@H](C(=O)OCC(=O)Nc3ccc(C)c(Cl)c3)CC2=O)c1. The summed E-state index contributed by atoms with van der Waals surface area (Å²) in [6.45, 7) is 5.61. The first kappa shape index (κ1) is 20.9. The van der Waals surface area contributed by atoms with Crippen molar-refractivity contribution in [3.63, 3.8) is 0 Å². The lowest BCUT2D eigenvalue weighted by atomic mass is 10.1. The number of carbonyl (C=O) groups excluding carboxylic acids is 3. The molecule has 1 aliphatic heterocycles. The van der Waals surface area contributed by atoms with Gasteiger partial charge in [0, 0.05) is 29.4 Å². The molecule has 0 unspecified atom stereocenters. The maximum atomic E-state index is 12.4. The van der Waals surface area contributed by atoms with Crippen LogP contribution < -0.4 is 10.2 Å². The Balaban J connectivity index is 1.55. The largest absolute Gasteiger partial charge is 0.455 e. The zero-order valence-corrected chi connectivity index (χ0v) is 17.4. The highest BCUT2D eigenvalue weighted by Crippen LogP contribution is 2.27. The van der Waals surface area contributed by atoms with Gasteiger partial charge in [0.05, 0.1) is 5.92 Å². The third-order valence-electron chi connectivity index (χ3n) is 4.78. The molecule has 0 saturated carbocycles. The summed E-state index contributed by atoms with van der Waals surface area (Å²) in [6, 6.07) is 11.0. The minimum atomic E-state index is -0.593. The highest BCUT2D eigenvalue weighted by molar-refractivity contribution is 6.31. The molecular weight excluding hydrogens is 392 g/mol. The molecular formula is C22H23ClN2O4. The van der Waals surface area contributed by atoms with Crippen LogP contribution in [0, 0.1) is 26.7 Å². The fraction of sp³-hybridized carbons (Fsp3) is 0.318. The fourth-order valence-electron chi connectivity index (χ4n) is 3.34. The molecule has 1 heterocycles. The number of hydrogen-bond donors (Lipinski definition) is 1. The van der Waals surface area contributed by atoms with E-state index in [0.29, 0.717) is 10.7 Å². The van der Waals surface area contributed by atoms with Crippen LogP contribution >= 0.6 is 11.6 Å². The van der Waals surface area contributed by atoms with Crippen molar-refractivity contribution in [1.82, 2.24) is 0 Å². The van der Waals surface area contributed by atoms with E-state index in [2.05, 4.69) is 5.32 Å². The summed E-state index contributed by atoms with van der Waals surface area (Å²) in [5.41, 5.74) is 4.30. The smallest absolute Gasteiger partial charge is 0.311 e. The molecule has 2 aromatic rings. The number of rotatable bonds is 5. The Morgan fingerprint density at radius 2 is 1.83 bits per heavy atom. The van der Waals surface area contributed by atoms with Gasteiger partial charge in [-0.25, -0.2) is 0 Å². The Morgan fingerprint density at radius 1 is 1.14 bits per heavy atom. The number of nitrogens with one attached hydrogen (secondary N) is 1. The third-order valence-corrected chi connectivity index (χ3v) is 5.18. The molecule has 7 heteroatoms. The predicted octanol–water partition coefficient (Wildman–Crippen LogP) is 3.80. The van der Waals surface area contributed by atoms with Crippen LogP contribution in [0.15, 0.2) is 36.4 Å². The number of esters is 1. The molecule has 1 fully saturated rings. The van der Waals surface area contributed by atoms with Crippen molar-refractivity contribution in [2.75, 3.05) is 23.4 Å². The lowest BCUT2D eigenvalue weighted by Crippen LogP contribution is -2.28. The van der Waals surface area contributed by atoms with Gasteiger partial charge < -0.3 is 15.0 Å². The second-order valence-electron chi connectivity index (χ2n) is 7.37. The van der Waals surface area contributed by atoms with E-state index < -0.39 is 24.4 Å². The number of carbonyl (C=O) groups is 3. The molecule has 0 aromatic heterocycles. The van der Waals surface area contributed by atoms with Crippen LogP contribution in [0.25, 0.3) is 0 Å². The van der Waals surface area contributed by atoms with Gasteiger partial charge in [-0.2, -0.15) is 0 Å². The first-order valence-corrected chi connectivity index (χ1v) is 9.72. The second-order valence-corrected chi connectivity index (χ2v) is 7.78. The minimum absolute atomic E-state index is 0.0704. The van der Waals surface area contributed by atoms with Crippen molar-refractivity contribution in [3.05, 3.63) is 58.1 Å². The van der Waals surface area contributed by atoms with Gasteiger partial charge in [-0.15, -0.1) is 0 Å². The van der Waals surface area contributed by atoms with E-state index >= 15 is 0 Å². The lowest BCUT2D eigenvalue weighted by molar-refractivity contribution is -0.151. The van der Waals surface area contributed by atoms with Crippen molar-refractivity contribution >= 4 is 40.8 Å². The Kier molecular flexibility index (Phi) is 6.23. The molecule has 29 heavy (non-hydrogen) atoms. The molecule has 3 rings (SSSR count). The number of ether oxygens (including phenoxy) is 1. The van der Waals surface area contributed by atoms with Gasteiger partial charge in [-0.1, -0.05) is 23.7 Å². The van der Waals surface area contributed by atoms with Gasteiger partial charge in [-0.3, -0.25) is 14.4 Å². The third kappa shape index (κ3) is 5.15. The van der Waals surface area contributed by atoms with Gasteiger partial charge in [0.1, 0.15) is 0 Å². The highest BCUT2D eigenvalue weighted by atomic mass is 35.5. The van der Waals surface area contributed by atoms with Crippen molar-refractivity contribution in [2.45, 2.75) is 27.2 Å². The molecule has 0 aliphatic carbocycles.